The highest BCUT2D eigenvalue weighted by Crippen LogP contribution is 2.11. The topological polar surface area (TPSA) is 69.6 Å². The predicted octanol–water partition coefficient (Wildman–Crippen LogP) is -1.37. The smallest absolute Gasteiger partial charge is 0.309 e. The third-order valence-electron chi connectivity index (χ3n) is 1.35. The summed E-state index contributed by atoms with van der Waals surface area (Å²) in [5.74, 6) is 0. The molecule has 0 atom stereocenters. The van der Waals surface area contributed by atoms with Crippen molar-refractivity contribution in [1.29, 1.82) is 0 Å². The predicted molar refractivity (Wildman–Crippen MR) is 36.0 cm³/mol. The van der Waals surface area contributed by atoms with Crippen molar-refractivity contribution in [2.75, 3.05) is 19.8 Å². The van der Waals surface area contributed by atoms with Crippen LogP contribution in [-0.2, 0) is 4.79 Å². The van der Waals surface area contributed by atoms with E-state index < -0.39 is 5.41 Å². The van der Waals surface area contributed by atoms with Gasteiger partial charge in [0.05, 0.1) is 13.2 Å². The fourth-order valence-electron chi connectivity index (χ4n) is 0.411. The van der Waals surface area contributed by atoms with Crippen molar-refractivity contribution >= 4 is 6.41 Å². The van der Waals surface area contributed by atoms with E-state index in [4.69, 9.17) is 10.2 Å². The number of aliphatic hydroxyl groups excluding tert-OH is 2. The molecule has 0 aromatic heterocycles. The molecule has 0 heterocycles. The Kier molecular flexibility index (Phi) is 3.99. The van der Waals surface area contributed by atoms with E-state index in [1.54, 1.807) is 6.92 Å². The zero-order valence-corrected chi connectivity index (χ0v) is 5.92. The van der Waals surface area contributed by atoms with Gasteiger partial charge in [0, 0.05) is 12.0 Å². The molecule has 0 aliphatic rings. The molecule has 1 amide bonds. The van der Waals surface area contributed by atoms with Gasteiger partial charge in [-0.1, -0.05) is 6.92 Å². The van der Waals surface area contributed by atoms with E-state index in [2.05, 4.69) is 5.32 Å². The maximum absolute atomic E-state index is 9.68. The summed E-state index contributed by atoms with van der Waals surface area (Å²) in [5.41, 5.74) is -0.628. The van der Waals surface area contributed by atoms with E-state index in [9.17, 15) is 4.79 Å². The summed E-state index contributed by atoms with van der Waals surface area (Å²) in [6.07, 6.45) is 1.47. The second-order valence-electron chi connectivity index (χ2n) is 2.58. The minimum atomic E-state index is -0.628. The van der Waals surface area contributed by atoms with E-state index in [0.29, 0.717) is 0 Å². The van der Waals surface area contributed by atoms with Gasteiger partial charge in [-0.25, -0.2) is 0 Å². The summed E-state index contributed by atoms with van der Waals surface area (Å²) in [6, 6.07) is 0. The first-order chi connectivity index (χ1) is 4.68. The number of hydrogen-bond donors (Lipinski definition) is 3. The van der Waals surface area contributed by atoms with Gasteiger partial charge in [0.1, 0.15) is 0 Å². The molecule has 1 radical (unpaired) electrons. The Labute approximate surface area is 59.9 Å². The molecule has 4 heteroatoms. The molecule has 4 nitrogen and oxygen atoms in total. The summed E-state index contributed by atoms with van der Waals surface area (Å²) >= 11 is 0. The normalized spacial score (nSPS) is 11.1. The third-order valence-corrected chi connectivity index (χ3v) is 1.35. The number of rotatable bonds is 5. The lowest BCUT2D eigenvalue weighted by molar-refractivity contribution is 0.0735. The average molecular weight is 146 g/mol. The summed E-state index contributed by atoms with van der Waals surface area (Å²) in [5, 5.41) is 19.6. The number of nitrogens with one attached hydrogen (secondary N) is 1. The Bertz CT molecular complexity index is 101. The van der Waals surface area contributed by atoms with E-state index in [-0.39, 0.29) is 19.8 Å². The van der Waals surface area contributed by atoms with Crippen LogP contribution in [0.25, 0.3) is 0 Å². The highest BCUT2D eigenvalue weighted by atomic mass is 16.3. The highest BCUT2D eigenvalue weighted by Gasteiger charge is 2.21. The number of carbonyl (C=O) groups excluding carboxylic acids is 1. The second-order valence-corrected chi connectivity index (χ2v) is 2.58. The van der Waals surface area contributed by atoms with Crippen LogP contribution >= 0.6 is 0 Å². The first-order valence-corrected chi connectivity index (χ1v) is 3.00. The van der Waals surface area contributed by atoms with Crippen LogP contribution in [0.1, 0.15) is 6.92 Å². The summed E-state index contributed by atoms with van der Waals surface area (Å²) < 4.78 is 0. The molecule has 0 saturated heterocycles. The van der Waals surface area contributed by atoms with Gasteiger partial charge in [-0.05, 0) is 0 Å². The fraction of sp³-hybridized carbons (Fsp3) is 0.833. The van der Waals surface area contributed by atoms with E-state index in [1.807, 2.05) is 0 Å². The van der Waals surface area contributed by atoms with Crippen LogP contribution in [0.15, 0.2) is 0 Å². The van der Waals surface area contributed by atoms with Crippen LogP contribution in [-0.4, -0.2) is 36.4 Å². The van der Waals surface area contributed by atoms with Crippen molar-refractivity contribution in [1.82, 2.24) is 5.32 Å². The standard InChI is InChI=1S/C6H12NO3/c1-6(3-8,4-9)2-7-5-10/h8-9H,2-4H2,1H3,(H,7,10). The van der Waals surface area contributed by atoms with Gasteiger partial charge in [-0.15, -0.1) is 0 Å². The molecular weight excluding hydrogens is 134 g/mol. The summed E-state index contributed by atoms with van der Waals surface area (Å²) in [6.45, 7) is 1.59. The van der Waals surface area contributed by atoms with Crippen LogP contribution in [0.5, 0.6) is 0 Å². The molecule has 0 rings (SSSR count). The molecule has 0 spiro atoms. The molecule has 59 valence electrons. The van der Waals surface area contributed by atoms with Crippen molar-refractivity contribution in [2.24, 2.45) is 5.41 Å². The average Bonchev–Trinajstić information content (AvgIpc) is 2.00. The maximum Gasteiger partial charge on any atom is 0.309 e. The first-order valence-electron chi connectivity index (χ1n) is 3.00. The van der Waals surface area contributed by atoms with E-state index in [0.717, 1.165) is 0 Å². The maximum atomic E-state index is 9.68. The van der Waals surface area contributed by atoms with Gasteiger partial charge in [0.2, 0.25) is 0 Å². The lowest BCUT2D eigenvalue weighted by atomic mass is 9.93. The van der Waals surface area contributed by atoms with E-state index in [1.165, 1.54) is 6.41 Å². The Balaban J connectivity index is 3.68. The van der Waals surface area contributed by atoms with Gasteiger partial charge >= 0.3 is 6.41 Å². The Hall–Kier alpha value is -0.610. The van der Waals surface area contributed by atoms with Crippen molar-refractivity contribution < 1.29 is 15.0 Å². The lowest BCUT2D eigenvalue weighted by Crippen LogP contribution is -2.37. The molecule has 0 fully saturated rings. The summed E-state index contributed by atoms with van der Waals surface area (Å²) in [7, 11) is 0. The van der Waals surface area contributed by atoms with Crippen molar-refractivity contribution in [3.8, 4) is 0 Å². The van der Waals surface area contributed by atoms with Crippen LogP contribution in [0.4, 0.5) is 0 Å². The van der Waals surface area contributed by atoms with Crippen molar-refractivity contribution in [3.05, 3.63) is 0 Å². The third kappa shape index (κ3) is 2.80. The van der Waals surface area contributed by atoms with Crippen LogP contribution < -0.4 is 5.32 Å². The first kappa shape index (κ1) is 9.39. The molecule has 0 aromatic rings. The molecule has 0 aliphatic carbocycles. The Morgan fingerprint density at radius 3 is 2.30 bits per heavy atom. The van der Waals surface area contributed by atoms with Gasteiger partial charge in [-0.2, -0.15) is 0 Å². The highest BCUT2D eigenvalue weighted by molar-refractivity contribution is 5.47. The molecule has 0 aliphatic heterocycles. The van der Waals surface area contributed by atoms with E-state index >= 15 is 0 Å². The zero-order chi connectivity index (χ0) is 8.04. The molecule has 0 bridgehead atoms. The van der Waals surface area contributed by atoms with Crippen LogP contribution in [0, 0.1) is 5.41 Å². The minimum Gasteiger partial charge on any atom is -0.396 e. The van der Waals surface area contributed by atoms with Gasteiger partial charge in [0.25, 0.3) is 0 Å². The van der Waals surface area contributed by atoms with Gasteiger partial charge < -0.3 is 15.5 Å². The molecule has 3 N–H and O–H groups in total. The molecule has 0 unspecified atom stereocenters. The Morgan fingerprint density at radius 1 is 1.50 bits per heavy atom. The minimum absolute atomic E-state index is 0.155. The lowest BCUT2D eigenvalue weighted by Gasteiger charge is -2.22. The number of amides is 1. The SMILES string of the molecule is CC(CO)(CO)CN[C]=O. The fourth-order valence-corrected chi connectivity index (χ4v) is 0.411. The van der Waals surface area contributed by atoms with Crippen molar-refractivity contribution in [3.63, 3.8) is 0 Å². The van der Waals surface area contributed by atoms with Gasteiger partial charge in [-0.3, -0.25) is 4.79 Å². The monoisotopic (exact) mass is 146 g/mol. The second kappa shape index (κ2) is 4.24. The number of hydrogen-bond acceptors (Lipinski definition) is 3. The van der Waals surface area contributed by atoms with Gasteiger partial charge in [0.15, 0.2) is 0 Å². The van der Waals surface area contributed by atoms with Crippen LogP contribution in [0.3, 0.4) is 0 Å². The molecule has 10 heavy (non-hydrogen) atoms. The largest absolute Gasteiger partial charge is 0.396 e. The summed E-state index contributed by atoms with van der Waals surface area (Å²) in [4.78, 5) is 9.68. The quantitative estimate of drug-likeness (QED) is 0.419. The molecule has 0 saturated carbocycles. The Morgan fingerprint density at radius 2 is 2.00 bits per heavy atom. The number of aliphatic hydroxyl groups is 2. The molecular formula is C6H12NO3. The molecule has 0 aromatic carbocycles. The zero-order valence-electron chi connectivity index (χ0n) is 5.92. The van der Waals surface area contributed by atoms with Crippen molar-refractivity contribution in [2.45, 2.75) is 6.92 Å². The van der Waals surface area contributed by atoms with Crippen LogP contribution in [0.2, 0.25) is 0 Å².